The molecule has 0 aliphatic rings. The Morgan fingerprint density at radius 1 is 1.10 bits per heavy atom. The number of rotatable bonds is 7. The molecule has 0 heterocycles. The van der Waals surface area contributed by atoms with Crippen LogP contribution in [-0.4, -0.2) is 22.7 Å². The van der Waals surface area contributed by atoms with Crippen molar-refractivity contribution >= 4 is 16.6 Å². The first-order chi connectivity index (χ1) is 8.84. The summed E-state index contributed by atoms with van der Waals surface area (Å²) in [5.41, 5.74) is 0. The molecular formula is C16H36O2Si2. The fourth-order valence-electron chi connectivity index (χ4n) is 1.72. The van der Waals surface area contributed by atoms with Crippen LogP contribution >= 0.6 is 0 Å². The van der Waals surface area contributed by atoms with Gasteiger partial charge in [0.05, 0.1) is 0 Å². The Morgan fingerprint density at radius 3 is 1.90 bits per heavy atom. The molecule has 0 bridgehead atoms. The van der Waals surface area contributed by atoms with Gasteiger partial charge in [-0.05, 0) is 57.2 Å². The van der Waals surface area contributed by atoms with E-state index >= 15 is 0 Å². The smallest absolute Gasteiger partial charge is 0.241 e. The molecule has 0 unspecified atom stereocenters. The minimum Gasteiger partial charge on any atom is -0.546 e. The third kappa shape index (κ3) is 6.59. The van der Waals surface area contributed by atoms with Gasteiger partial charge in [-0.1, -0.05) is 34.1 Å². The topological polar surface area (TPSA) is 18.5 Å². The van der Waals surface area contributed by atoms with E-state index in [2.05, 4.69) is 73.4 Å². The molecule has 2 nitrogen and oxygen atoms in total. The van der Waals surface area contributed by atoms with Crippen LogP contribution in [0.2, 0.25) is 37.8 Å². The van der Waals surface area contributed by atoms with E-state index in [4.69, 9.17) is 8.85 Å². The lowest BCUT2D eigenvalue weighted by Crippen LogP contribution is -2.45. The molecule has 1 atom stereocenters. The van der Waals surface area contributed by atoms with Crippen LogP contribution < -0.4 is 0 Å². The Morgan fingerprint density at radius 2 is 1.60 bits per heavy atom. The molecule has 0 spiro atoms. The zero-order chi connectivity index (χ0) is 16.2. The van der Waals surface area contributed by atoms with Gasteiger partial charge in [0.2, 0.25) is 8.32 Å². The highest BCUT2D eigenvalue weighted by atomic mass is 28.4. The van der Waals surface area contributed by atoms with E-state index in [1.54, 1.807) is 0 Å². The molecule has 4 heteroatoms. The van der Waals surface area contributed by atoms with Crippen LogP contribution in [0.5, 0.6) is 0 Å². The molecule has 120 valence electrons. The molecular weight excluding hydrogens is 280 g/mol. The highest BCUT2D eigenvalue weighted by Gasteiger charge is 2.40. The quantitative estimate of drug-likeness (QED) is 0.428. The predicted molar refractivity (Wildman–Crippen MR) is 95.2 cm³/mol. The van der Waals surface area contributed by atoms with E-state index in [0.29, 0.717) is 0 Å². The van der Waals surface area contributed by atoms with Gasteiger partial charge in [0, 0.05) is 0 Å². The third-order valence-corrected chi connectivity index (χ3v) is 9.15. The van der Waals surface area contributed by atoms with Crippen molar-refractivity contribution in [3.8, 4) is 0 Å². The van der Waals surface area contributed by atoms with Crippen LogP contribution in [0.15, 0.2) is 11.8 Å². The first kappa shape index (κ1) is 19.9. The molecule has 0 saturated carbocycles. The summed E-state index contributed by atoms with van der Waals surface area (Å²) in [6, 6.07) is 0. The zero-order valence-corrected chi connectivity index (χ0v) is 17.4. The van der Waals surface area contributed by atoms with E-state index in [-0.39, 0.29) is 11.1 Å². The fourth-order valence-corrected chi connectivity index (χ4v) is 3.97. The number of hydrogen-bond acceptors (Lipinski definition) is 2. The molecule has 0 rings (SSSR count). The average molecular weight is 317 g/mol. The lowest BCUT2D eigenvalue weighted by atomic mass is 10.2. The van der Waals surface area contributed by atoms with Crippen molar-refractivity contribution in [1.82, 2.24) is 0 Å². The molecule has 0 aromatic carbocycles. The van der Waals surface area contributed by atoms with Gasteiger partial charge in [0.25, 0.3) is 0 Å². The van der Waals surface area contributed by atoms with Gasteiger partial charge in [-0.15, -0.1) is 0 Å². The van der Waals surface area contributed by atoms with E-state index in [1.165, 1.54) is 0 Å². The monoisotopic (exact) mass is 316 g/mol. The van der Waals surface area contributed by atoms with Crippen LogP contribution in [0.4, 0.5) is 0 Å². The SMILES string of the molecule is CC=C(O[Si](C)(C)C)[C@H](CCC)O[Si](C)(C)C(C)(C)C. The molecule has 20 heavy (non-hydrogen) atoms. The maximum Gasteiger partial charge on any atom is 0.241 e. The van der Waals surface area contributed by atoms with Crippen molar-refractivity contribution < 1.29 is 8.85 Å². The van der Waals surface area contributed by atoms with E-state index in [1.807, 2.05) is 0 Å². The Balaban J connectivity index is 5.15. The van der Waals surface area contributed by atoms with Crippen LogP contribution in [0.1, 0.15) is 47.5 Å². The van der Waals surface area contributed by atoms with Gasteiger partial charge in [0.1, 0.15) is 11.9 Å². The summed E-state index contributed by atoms with van der Waals surface area (Å²) in [5, 5.41) is 0.233. The second-order valence-corrected chi connectivity index (χ2v) is 17.2. The third-order valence-electron chi connectivity index (χ3n) is 3.82. The zero-order valence-electron chi connectivity index (χ0n) is 15.4. The lowest BCUT2D eigenvalue weighted by Gasteiger charge is -2.40. The van der Waals surface area contributed by atoms with Gasteiger partial charge in [-0.25, -0.2) is 0 Å². The fraction of sp³-hybridized carbons (Fsp3) is 0.875. The highest BCUT2D eigenvalue weighted by molar-refractivity contribution is 6.74. The Bertz CT molecular complexity index is 322. The van der Waals surface area contributed by atoms with Crippen LogP contribution in [0.25, 0.3) is 0 Å². The van der Waals surface area contributed by atoms with Gasteiger partial charge < -0.3 is 8.85 Å². The summed E-state index contributed by atoms with van der Waals surface area (Å²) in [4.78, 5) is 0. The lowest BCUT2D eigenvalue weighted by molar-refractivity contribution is 0.155. The maximum atomic E-state index is 6.61. The normalized spacial score (nSPS) is 16.2. The molecule has 0 aromatic rings. The molecule has 0 aromatic heterocycles. The van der Waals surface area contributed by atoms with Crippen LogP contribution in [0, 0.1) is 0 Å². The Kier molecular flexibility index (Phi) is 7.25. The number of hydrogen-bond donors (Lipinski definition) is 0. The maximum absolute atomic E-state index is 6.61. The number of allylic oxidation sites excluding steroid dienone is 1. The van der Waals surface area contributed by atoms with Gasteiger partial charge in [-0.3, -0.25) is 0 Å². The first-order valence-corrected chi connectivity index (χ1v) is 14.2. The molecule has 0 N–H and O–H groups in total. The van der Waals surface area contributed by atoms with E-state index < -0.39 is 16.6 Å². The van der Waals surface area contributed by atoms with Crippen LogP contribution in [-0.2, 0) is 8.85 Å². The Hall–Kier alpha value is -0.0662. The molecule has 0 aliphatic heterocycles. The molecule has 0 fully saturated rings. The van der Waals surface area contributed by atoms with Crippen molar-refractivity contribution in [3.63, 3.8) is 0 Å². The second kappa shape index (κ2) is 7.27. The van der Waals surface area contributed by atoms with Crippen molar-refractivity contribution in [3.05, 3.63) is 11.8 Å². The van der Waals surface area contributed by atoms with Crippen molar-refractivity contribution in [2.24, 2.45) is 0 Å². The summed E-state index contributed by atoms with van der Waals surface area (Å²) < 4.78 is 12.9. The van der Waals surface area contributed by atoms with E-state index in [9.17, 15) is 0 Å². The summed E-state index contributed by atoms with van der Waals surface area (Å²) in [5.74, 6) is 1.05. The minimum atomic E-state index is -1.77. The van der Waals surface area contributed by atoms with Gasteiger partial charge in [0.15, 0.2) is 8.32 Å². The summed E-state index contributed by atoms with van der Waals surface area (Å²) in [7, 11) is -3.35. The Labute approximate surface area is 129 Å². The summed E-state index contributed by atoms with van der Waals surface area (Å²) in [6.07, 6.45) is 4.38. The minimum absolute atomic E-state index is 0.123. The van der Waals surface area contributed by atoms with Crippen molar-refractivity contribution in [1.29, 1.82) is 0 Å². The van der Waals surface area contributed by atoms with E-state index in [0.717, 1.165) is 18.6 Å². The largest absolute Gasteiger partial charge is 0.546 e. The summed E-state index contributed by atoms with van der Waals surface area (Å²) in [6.45, 7) is 22.5. The van der Waals surface area contributed by atoms with Crippen LogP contribution in [0.3, 0.4) is 0 Å². The van der Waals surface area contributed by atoms with Gasteiger partial charge >= 0.3 is 0 Å². The molecule has 0 aliphatic carbocycles. The van der Waals surface area contributed by atoms with Crippen molar-refractivity contribution in [2.45, 2.75) is 91.3 Å². The predicted octanol–water partition coefficient (Wildman–Crippen LogP) is 5.93. The summed E-state index contributed by atoms with van der Waals surface area (Å²) >= 11 is 0. The molecule has 0 amide bonds. The first-order valence-electron chi connectivity index (χ1n) is 7.87. The standard InChI is InChI=1S/C16H36O2Si2/c1-11-13-15(14(12-2)17-19(6,7)8)18-20(9,10)16(3,4)5/h12,15H,11,13H2,1-10H3/t15-/m0/s1. The average Bonchev–Trinajstić information content (AvgIpc) is 2.22. The second-order valence-electron chi connectivity index (χ2n) is 8.06. The van der Waals surface area contributed by atoms with Gasteiger partial charge in [-0.2, -0.15) is 0 Å². The molecule has 0 saturated heterocycles. The molecule has 0 radical (unpaired) electrons. The van der Waals surface area contributed by atoms with Crippen molar-refractivity contribution in [2.75, 3.05) is 0 Å². The highest BCUT2D eigenvalue weighted by Crippen LogP contribution is 2.39.